The molecular weight excluding hydrogens is 552 g/mol. The highest BCUT2D eigenvalue weighted by molar-refractivity contribution is 8.00. The summed E-state index contributed by atoms with van der Waals surface area (Å²) in [5, 5.41) is 23.8. The van der Waals surface area contributed by atoms with Crippen LogP contribution in [-0.2, 0) is 40.1 Å². The number of benzene rings is 1. The SMILES string of the molecule is N[C@@H](CCC(=O)N[C@@H](CSC1CC(=O)N(CCC(=O)NCc2ccc([18F])cc2)C1=O)C(=O)NCC(=O)O)C(=O)O. The van der Waals surface area contributed by atoms with Gasteiger partial charge in [-0.15, -0.1) is 11.8 Å². The predicted molar refractivity (Wildman–Crippen MR) is 138 cm³/mol. The first-order valence-electron chi connectivity index (χ1n) is 12.1. The van der Waals surface area contributed by atoms with Crippen LogP contribution < -0.4 is 21.7 Å². The molecule has 16 heteroatoms. The Labute approximate surface area is 232 Å². The first-order chi connectivity index (χ1) is 18.9. The molecule has 1 heterocycles. The van der Waals surface area contributed by atoms with Crippen LogP contribution in [0, 0.1) is 5.82 Å². The van der Waals surface area contributed by atoms with Gasteiger partial charge in [0.25, 0.3) is 0 Å². The van der Waals surface area contributed by atoms with Crippen LogP contribution in [0.2, 0.25) is 0 Å². The lowest BCUT2D eigenvalue weighted by Crippen LogP contribution is -2.50. The maximum Gasteiger partial charge on any atom is 0.322 e. The smallest absolute Gasteiger partial charge is 0.322 e. The number of amides is 5. The minimum atomic E-state index is -1.33. The van der Waals surface area contributed by atoms with Crippen LogP contribution in [0.5, 0.6) is 0 Å². The Kier molecular flexibility index (Phi) is 12.5. The Hall–Kier alpha value is -4.05. The summed E-state index contributed by atoms with van der Waals surface area (Å²) in [6, 6.07) is 2.94. The van der Waals surface area contributed by atoms with Gasteiger partial charge in [0.05, 0.1) is 5.25 Å². The molecule has 0 saturated carbocycles. The summed E-state index contributed by atoms with van der Waals surface area (Å²) in [6.45, 7) is -0.760. The molecular formula is C24H30FN5O9S. The van der Waals surface area contributed by atoms with Gasteiger partial charge in [-0.25, -0.2) is 4.39 Å². The summed E-state index contributed by atoms with van der Waals surface area (Å²) in [6.07, 6.45) is -0.894. The number of aliphatic carboxylic acids is 2. The summed E-state index contributed by atoms with van der Waals surface area (Å²) in [5.41, 5.74) is 6.04. The second kappa shape index (κ2) is 15.5. The largest absolute Gasteiger partial charge is 0.480 e. The van der Waals surface area contributed by atoms with Gasteiger partial charge in [-0.05, 0) is 24.1 Å². The molecule has 218 valence electrons. The zero-order valence-electron chi connectivity index (χ0n) is 21.3. The van der Waals surface area contributed by atoms with E-state index in [0.29, 0.717) is 5.56 Å². The highest BCUT2D eigenvalue weighted by atomic mass is 32.2. The molecule has 0 aliphatic carbocycles. The van der Waals surface area contributed by atoms with Crippen LogP contribution in [0.3, 0.4) is 0 Å². The van der Waals surface area contributed by atoms with Crippen LogP contribution >= 0.6 is 11.8 Å². The third kappa shape index (κ3) is 10.6. The minimum absolute atomic E-state index is 0.138. The Morgan fingerprint density at radius 1 is 1.05 bits per heavy atom. The van der Waals surface area contributed by atoms with Crippen molar-refractivity contribution in [1.29, 1.82) is 0 Å². The van der Waals surface area contributed by atoms with E-state index in [1.54, 1.807) is 0 Å². The number of carboxylic acids is 2. The predicted octanol–water partition coefficient (Wildman–Crippen LogP) is -1.43. The summed E-state index contributed by atoms with van der Waals surface area (Å²) in [5.74, 6) is -6.34. The van der Waals surface area contributed by atoms with Crippen molar-refractivity contribution < 1.29 is 48.2 Å². The number of carboxylic acid groups (broad SMARTS) is 2. The number of rotatable bonds is 16. The van der Waals surface area contributed by atoms with Gasteiger partial charge < -0.3 is 31.9 Å². The van der Waals surface area contributed by atoms with Crippen LogP contribution in [0.4, 0.5) is 4.39 Å². The molecule has 1 aliphatic heterocycles. The lowest BCUT2D eigenvalue weighted by atomic mass is 10.1. The van der Waals surface area contributed by atoms with E-state index in [1.807, 2.05) is 0 Å². The minimum Gasteiger partial charge on any atom is -0.480 e. The van der Waals surface area contributed by atoms with Gasteiger partial charge in [-0.2, -0.15) is 0 Å². The first kappa shape index (κ1) is 32.2. The molecule has 0 aromatic heterocycles. The summed E-state index contributed by atoms with van der Waals surface area (Å²) < 4.78 is 13.0. The number of nitrogens with zero attached hydrogens (tertiary/aromatic N) is 1. The maximum atomic E-state index is 13.0. The zero-order chi connectivity index (χ0) is 29.8. The second-order valence-corrected chi connectivity index (χ2v) is 10.0. The highest BCUT2D eigenvalue weighted by Crippen LogP contribution is 2.26. The molecule has 1 aliphatic rings. The second-order valence-electron chi connectivity index (χ2n) is 8.78. The molecule has 1 saturated heterocycles. The lowest BCUT2D eigenvalue weighted by molar-refractivity contribution is -0.140. The average molecular weight is 583 g/mol. The molecule has 40 heavy (non-hydrogen) atoms. The van der Waals surface area contributed by atoms with Gasteiger partial charge >= 0.3 is 11.9 Å². The Morgan fingerprint density at radius 3 is 2.35 bits per heavy atom. The third-order valence-electron chi connectivity index (χ3n) is 5.70. The van der Waals surface area contributed by atoms with E-state index >= 15 is 0 Å². The number of hydrogen-bond acceptors (Lipinski definition) is 9. The van der Waals surface area contributed by atoms with Crippen molar-refractivity contribution in [2.24, 2.45) is 5.73 Å². The summed E-state index contributed by atoms with van der Waals surface area (Å²) in [4.78, 5) is 84.6. The molecule has 1 aromatic carbocycles. The lowest BCUT2D eigenvalue weighted by Gasteiger charge is -2.20. The van der Waals surface area contributed by atoms with Gasteiger partial charge in [0.2, 0.25) is 29.5 Å². The third-order valence-corrected chi connectivity index (χ3v) is 6.99. The number of likely N-dealkylation sites (tertiary alicyclic amines) is 1. The number of halogens is 1. The van der Waals surface area contributed by atoms with Gasteiger partial charge in [0.15, 0.2) is 0 Å². The van der Waals surface area contributed by atoms with Crippen LogP contribution in [0.1, 0.15) is 31.2 Å². The molecule has 1 aromatic rings. The Bertz CT molecular complexity index is 1130. The van der Waals surface area contributed by atoms with Gasteiger partial charge in [0, 0.05) is 38.1 Å². The molecule has 1 unspecified atom stereocenters. The fourth-order valence-corrected chi connectivity index (χ4v) is 4.67. The van der Waals surface area contributed by atoms with Crippen molar-refractivity contribution in [2.45, 2.75) is 49.6 Å². The molecule has 1 fully saturated rings. The molecule has 5 amide bonds. The Balaban J connectivity index is 1.89. The van der Waals surface area contributed by atoms with E-state index in [1.165, 1.54) is 24.3 Å². The number of hydrogen-bond donors (Lipinski definition) is 6. The van der Waals surface area contributed by atoms with Crippen LogP contribution in [0.15, 0.2) is 24.3 Å². The van der Waals surface area contributed by atoms with E-state index in [0.717, 1.165) is 16.7 Å². The number of imide groups is 1. The van der Waals surface area contributed by atoms with E-state index in [9.17, 15) is 38.0 Å². The Morgan fingerprint density at radius 2 is 1.73 bits per heavy atom. The van der Waals surface area contributed by atoms with Crippen molar-refractivity contribution >= 4 is 53.2 Å². The van der Waals surface area contributed by atoms with E-state index in [-0.39, 0.29) is 44.5 Å². The maximum absolute atomic E-state index is 13.0. The number of thioether (sulfide) groups is 1. The van der Waals surface area contributed by atoms with E-state index < -0.39 is 71.2 Å². The summed E-state index contributed by atoms with van der Waals surface area (Å²) >= 11 is 0.900. The van der Waals surface area contributed by atoms with Gasteiger partial charge in [0.1, 0.15) is 24.4 Å². The molecule has 0 radical (unpaired) electrons. The number of carbonyl (C=O) groups is 7. The monoisotopic (exact) mass is 582 g/mol. The fourth-order valence-electron chi connectivity index (χ4n) is 3.48. The normalized spacial score (nSPS) is 16.2. The van der Waals surface area contributed by atoms with Crippen LogP contribution in [0.25, 0.3) is 0 Å². The molecule has 0 spiro atoms. The summed E-state index contributed by atoms with van der Waals surface area (Å²) in [7, 11) is 0. The van der Waals surface area contributed by atoms with E-state index in [2.05, 4.69) is 16.0 Å². The highest BCUT2D eigenvalue weighted by Gasteiger charge is 2.39. The van der Waals surface area contributed by atoms with E-state index in [4.69, 9.17) is 15.9 Å². The van der Waals surface area contributed by atoms with Crippen molar-refractivity contribution in [3.05, 3.63) is 35.6 Å². The number of nitrogens with one attached hydrogen (secondary N) is 3. The zero-order valence-corrected chi connectivity index (χ0v) is 22.1. The molecule has 3 atom stereocenters. The van der Waals surface area contributed by atoms with Crippen molar-refractivity contribution in [1.82, 2.24) is 20.9 Å². The van der Waals surface area contributed by atoms with Crippen molar-refractivity contribution in [2.75, 3.05) is 18.8 Å². The quantitative estimate of drug-likeness (QED) is 0.124. The van der Waals surface area contributed by atoms with Crippen molar-refractivity contribution in [3.63, 3.8) is 0 Å². The number of carbonyl (C=O) groups excluding carboxylic acids is 5. The average Bonchev–Trinajstić information content (AvgIpc) is 3.18. The van der Waals surface area contributed by atoms with Crippen LogP contribution in [-0.4, -0.2) is 92.8 Å². The molecule has 14 nitrogen and oxygen atoms in total. The molecule has 7 N–H and O–H groups in total. The fraction of sp³-hybridized carbons (Fsp3) is 0.458. The molecule has 0 bridgehead atoms. The van der Waals surface area contributed by atoms with Crippen molar-refractivity contribution in [3.8, 4) is 0 Å². The molecule has 2 rings (SSSR count). The standard InChI is InChI=1S/C24H30FN5O9S/c25-14-3-1-13(2-4-14)10-27-18(31)7-8-30-20(33)9-17(23(30)37)40-12-16(22(36)28-11-21(34)35)29-19(32)6-5-15(26)24(38)39/h1-4,15-17H,5-12,26H2,(H,27,31)(H,28,36)(H,29,32)(H,34,35)(H,38,39)/t15-,16-,17?/m0/s1/i25-1. The van der Waals surface area contributed by atoms with Gasteiger partial charge in [-0.3, -0.25) is 38.5 Å². The number of nitrogens with two attached hydrogens (primary N) is 1. The first-order valence-corrected chi connectivity index (χ1v) is 13.2. The van der Waals surface area contributed by atoms with Gasteiger partial charge in [-0.1, -0.05) is 12.1 Å². The topological polar surface area (TPSA) is 225 Å².